The Labute approximate surface area is 136 Å². The number of dihydropyridines is 1. The molecule has 1 aliphatic heterocycles. The topological polar surface area (TPSA) is 92.2 Å². The minimum absolute atomic E-state index is 0.158. The van der Waals surface area contributed by atoms with Gasteiger partial charge in [-0.25, -0.2) is 0 Å². The van der Waals surface area contributed by atoms with Gasteiger partial charge in [-0.2, -0.15) is 0 Å². The van der Waals surface area contributed by atoms with Crippen molar-refractivity contribution < 1.29 is 0 Å². The third kappa shape index (κ3) is 3.30. The number of para-hydroxylation sites is 1. The smallest absolute Gasteiger partial charge is 0.105 e. The second-order valence-corrected chi connectivity index (χ2v) is 6.05. The quantitative estimate of drug-likeness (QED) is 0.614. The van der Waals surface area contributed by atoms with Crippen LogP contribution in [0.25, 0.3) is 10.9 Å². The van der Waals surface area contributed by atoms with Gasteiger partial charge in [-0.05, 0) is 31.0 Å². The van der Waals surface area contributed by atoms with Crippen molar-refractivity contribution in [1.29, 1.82) is 0 Å². The Bertz CT molecular complexity index is 728. The molecule has 1 aliphatic rings. The van der Waals surface area contributed by atoms with Crippen molar-refractivity contribution >= 4 is 17.1 Å². The van der Waals surface area contributed by atoms with Gasteiger partial charge in [0.1, 0.15) is 6.17 Å². The Morgan fingerprint density at radius 2 is 2.13 bits per heavy atom. The number of nitrogens with zero attached hydrogens (tertiary/aromatic N) is 1. The summed E-state index contributed by atoms with van der Waals surface area (Å²) in [5, 5.41) is 4.76. The number of aromatic nitrogens is 1. The summed E-state index contributed by atoms with van der Waals surface area (Å²) in [5.41, 5.74) is 16.7. The zero-order valence-electron chi connectivity index (χ0n) is 13.5. The number of aliphatic imine (C=N–C) groups is 1. The summed E-state index contributed by atoms with van der Waals surface area (Å²) < 4.78 is 0. The van der Waals surface area contributed by atoms with E-state index >= 15 is 0 Å². The van der Waals surface area contributed by atoms with Crippen LogP contribution in [0.1, 0.15) is 18.9 Å². The standard InChI is InChI=1S/C18H25N5/c1-2-14-17(19)13(11-23-18(14)20)9-21-8-7-12-10-22-16-6-4-3-5-15(12)16/h3-6,10-11,14,18,21-22H,2,7-9,19-20H2,1H3. The van der Waals surface area contributed by atoms with E-state index in [0.717, 1.165) is 37.2 Å². The molecular weight excluding hydrogens is 286 g/mol. The normalized spacial score (nSPS) is 21.3. The molecule has 23 heavy (non-hydrogen) atoms. The van der Waals surface area contributed by atoms with Crippen molar-refractivity contribution in [2.75, 3.05) is 13.1 Å². The second kappa shape index (κ2) is 6.98. The molecule has 0 saturated heterocycles. The summed E-state index contributed by atoms with van der Waals surface area (Å²) in [7, 11) is 0. The fourth-order valence-electron chi connectivity index (χ4n) is 3.17. The van der Waals surface area contributed by atoms with Crippen molar-refractivity contribution in [2.45, 2.75) is 25.9 Å². The molecule has 3 rings (SSSR count). The Kier molecular flexibility index (Phi) is 4.79. The van der Waals surface area contributed by atoms with E-state index in [9.17, 15) is 0 Å². The molecule has 1 aromatic heterocycles. The van der Waals surface area contributed by atoms with E-state index in [1.807, 2.05) is 12.3 Å². The monoisotopic (exact) mass is 311 g/mol. The maximum Gasteiger partial charge on any atom is 0.105 e. The molecule has 0 fully saturated rings. The van der Waals surface area contributed by atoms with Gasteiger partial charge in [0.2, 0.25) is 0 Å². The van der Waals surface area contributed by atoms with E-state index in [1.165, 1.54) is 16.5 Å². The molecular formula is C18H25N5. The van der Waals surface area contributed by atoms with E-state index in [-0.39, 0.29) is 12.1 Å². The number of hydrogen-bond donors (Lipinski definition) is 4. The van der Waals surface area contributed by atoms with Crippen LogP contribution in [0.3, 0.4) is 0 Å². The predicted octanol–water partition coefficient (Wildman–Crippen LogP) is 1.91. The van der Waals surface area contributed by atoms with Crippen LogP contribution in [0.15, 0.2) is 46.7 Å². The molecule has 0 amide bonds. The highest BCUT2D eigenvalue weighted by atomic mass is 15.0. The van der Waals surface area contributed by atoms with E-state index in [4.69, 9.17) is 11.5 Å². The molecule has 0 radical (unpaired) electrons. The molecule has 2 atom stereocenters. The number of fused-ring (bicyclic) bond motifs is 1. The number of hydrogen-bond acceptors (Lipinski definition) is 4. The van der Waals surface area contributed by atoms with Crippen LogP contribution < -0.4 is 16.8 Å². The summed E-state index contributed by atoms with van der Waals surface area (Å²) in [6.07, 6.45) is 5.61. The lowest BCUT2D eigenvalue weighted by molar-refractivity contribution is 0.466. The molecule has 6 N–H and O–H groups in total. The van der Waals surface area contributed by atoms with E-state index in [2.05, 4.69) is 46.6 Å². The van der Waals surface area contributed by atoms with Crippen LogP contribution in [-0.2, 0) is 6.42 Å². The summed E-state index contributed by atoms with van der Waals surface area (Å²) in [4.78, 5) is 7.67. The zero-order valence-corrected chi connectivity index (χ0v) is 13.5. The van der Waals surface area contributed by atoms with Gasteiger partial charge in [-0.15, -0.1) is 0 Å². The summed E-state index contributed by atoms with van der Waals surface area (Å²) in [5.74, 6) is 0.158. The number of H-pyrrole nitrogens is 1. The van der Waals surface area contributed by atoms with E-state index < -0.39 is 0 Å². The summed E-state index contributed by atoms with van der Waals surface area (Å²) in [6, 6.07) is 8.38. The molecule has 0 spiro atoms. The number of nitrogens with one attached hydrogen (secondary N) is 2. The summed E-state index contributed by atoms with van der Waals surface area (Å²) >= 11 is 0. The first-order valence-electron chi connectivity index (χ1n) is 8.23. The van der Waals surface area contributed by atoms with Gasteiger partial charge in [0, 0.05) is 47.0 Å². The molecule has 5 heteroatoms. The van der Waals surface area contributed by atoms with Gasteiger partial charge in [0.25, 0.3) is 0 Å². The van der Waals surface area contributed by atoms with Gasteiger partial charge in [0.15, 0.2) is 0 Å². The molecule has 2 unspecified atom stereocenters. The fourth-order valence-corrected chi connectivity index (χ4v) is 3.17. The van der Waals surface area contributed by atoms with Crippen molar-refractivity contribution in [2.24, 2.45) is 22.4 Å². The average molecular weight is 311 g/mol. The lowest BCUT2D eigenvalue weighted by Crippen LogP contribution is -2.37. The van der Waals surface area contributed by atoms with Gasteiger partial charge in [-0.3, -0.25) is 4.99 Å². The number of benzene rings is 1. The maximum absolute atomic E-state index is 6.24. The van der Waals surface area contributed by atoms with E-state index in [0.29, 0.717) is 0 Å². The van der Waals surface area contributed by atoms with Crippen molar-refractivity contribution in [3.8, 4) is 0 Å². The van der Waals surface area contributed by atoms with Crippen LogP contribution in [0.2, 0.25) is 0 Å². The van der Waals surface area contributed by atoms with E-state index in [1.54, 1.807) is 0 Å². The van der Waals surface area contributed by atoms with Crippen molar-refractivity contribution in [3.63, 3.8) is 0 Å². The molecule has 122 valence electrons. The van der Waals surface area contributed by atoms with Gasteiger partial charge in [0.05, 0.1) is 0 Å². The third-order valence-corrected chi connectivity index (χ3v) is 4.59. The lowest BCUT2D eigenvalue weighted by atomic mass is 9.93. The second-order valence-electron chi connectivity index (χ2n) is 6.05. The zero-order chi connectivity index (χ0) is 16.2. The number of rotatable bonds is 6. The molecule has 0 saturated carbocycles. The first-order chi connectivity index (χ1) is 11.2. The molecule has 0 bridgehead atoms. The third-order valence-electron chi connectivity index (χ3n) is 4.59. The number of aromatic amines is 1. The Morgan fingerprint density at radius 3 is 2.96 bits per heavy atom. The minimum atomic E-state index is -0.199. The van der Waals surface area contributed by atoms with Crippen LogP contribution in [0.5, 0.6) is 0 Å². The molecule has 2 aromatic rings. The first-order valence-corrected chi connectivity index (χ1v) is 8.23. The minimum Gasteiger partial charge on any atom is -0.401 e. The Balaban J connectivity index is 1.56. The fraction of sp³-hybridized carbons (Fsp3) is 0.389. The van der Waals surface area contributed by atoms with Crippen molar-refractivity contribution in [3.05, 3.63) is 47.3 Å². The van der Waals surface area contributed by atoms with Gasteiger partial charge < -0.3 is 21.8 Å². The molecule has 2 heterocycles. The predicted molar refractivity (Wildman–Crippen MR) is 96.3 cm³/mol. The highest BCUT2D eigenvalue weighted by Crippen LogP contribution is 2.21. The van der Waals surface area contributed by atoms with Crippen LogP contribution in [-0.4, -0.2) is 30.5 Å². The molecule has 5 nitrogen and oxygen atoms in total. The molecule has 1 aromatic carbocycles. The average Bonchev–Trinajstić information content (AvgIpc) is 2.97. The van der Waals surface area contributed by atoms with Crippen molar-refractivity contribution in [1.82, 2.24) is 10.3 Å². The highest BCUT2D eigenvalue weighted by molar-refractivity contribution is 5.83. The van der Waals surface area contributed by atoms with Gasteiger partial charge in [-0.1, -0.05) is 25.1 Å². The Hall–Kier alpha value is -2.11. The SMILES string of the molecule is CCC1C(N)=C(CNCCc2c[nH]c3ccccc23)C=NC1N. The van der Waals surface area contributed by atoms with Gasteiger partial charge >= 0.3 is 0 Å². The Morgan fingerprint density at radius 1 is 1.30 bits per heavy atom. The highest BCUT2D eigenvalue weighted by Gasteiger charge is 2.23. The van der Waals surface area contributed by atoms with Crippen LogP contribution >= 0.6 is 0 Å². The maximum atomic E-state index is 6.24. The first kappa shape index (κ1) is 15.8. The molecule has 0 aliphatic carbocycles. The van der Waals surface area contributed by atoms with Crippen LogP contribution in [0.4, 0.5) is 0 Å². The summed E-state index contributed by atoms with van der Waals surface area (Å²) in [6.45, 7) is 3.73. The number of nitrogens with two attached hydrogens (primary N) is 2. The largest absolute Gasteiger partial charge is 0.401 e. The lowest BCUT2D eigenvalue weighted by Gasteiger charge is -2.26. The van der Waals surface area contributed by atoms with Crippen LogP contribution in [0, 0.1) is 5.92 Å².